The molecule has 0 saturated carbocycles. The van der Waals surface area contributed by atoms with Crippen LogP contribution in [0, 0.1) is 0 Å². The summed E-state index contributed by atoms with van der Waals surface area (Å²) >= 11 is 0. The van der Waals surface area contributed by atoms with Crippen LogP contribution < -0.4 is 0 Å². The number of rotatable bonds is 2. The molecule has 4 aromatic heterocycles. The maximum absolute atomic E-state index is 6.47. The number of para-hydroxylation sites is 4. The van der Waals surface area contributed by atoms with Gasteiger partial charge in [0, 0.05) is 16.3 Å². The first kappa shape index (κ1) is 18.5. The number of nitrogens with zero attached hydrogens (tertiary/aromatic N) is 5. The largest absolute Gasteiger partial charge is 0.437 e. The molecule has 8 aromatic rings. The second-order valence-corrected chi connectivity index (χ2v) is 8.58. The Morgan fingerprint density at radius 2 is 1.31 bits per heavy atom. The predicted molar refractivity (Wildman–Crippen MR) is 138 cm³/mol. The lowest BCUT2D eigenvalue weighted by atomic mass is 10.2. The molecule has 6 heteroatoms. The van der Waals surface area contributed by atoms with Gasteiger partial charge in [-0.05, 0) is 36.4 Å². The van der Waals surface area contributed by atoms with Crippen molar-refractivity contribution in [1.29, 1.82) is 0 Å². The van der Waals surface area contributed by atoms with Crippen LogP contribution in [0.1, 0.15) is 0 Å². The van der Waals surface area contributed by atoms with E-state index in [0.29, 0.717) is 11.5 Å². The van der Waals surface area contributed by atoms with E-state index in [9.17, 15) is 0 Å². The summed E-state index contributed by atoms with van der Waals surface area (Å²) in [6.45, 7) is 0. The van der Waals surface area contributed by atoms with Gasteiger partial charge in [-0.15, -0.1) is 0 Å². The minimum absolute atomic E-state index is 0.659. The van der Waals surface area contributed by atoms with E-state index in [1.54, 1.807) is 0 Å². The number of imidazole rings is 2. The van der Waals surface area contributed by atoms with E-state index in [1.807, 2.05) is 95.6 Å². The lowest BCUT2D eigenvalue weighted by Gasteiger charge is -2.10. The zero-order valence-corrected chi connectivity index (χ0v) is 18.5. The van der Waals surface area contributed by atoms with Crippen molar-refractivity contribution in [2.45, 2.75) is 0 Å². The SMILES string of the molecule is c1ccc(-c2nc(-n3c4oc5ccccc5c4n4c5ccccc5nc34)c3ccccc3n2)cc1. The summed E-state index contributed by atoms with van der Waals surface area (Å²) in [7, 11) is 0. The van der Waals surface area contributed by atoms with E-state index >= 15 is 0 Å². The number of fused-ring (bicyclic) bond motifs is 8. The number of furan rings is 1. The average molecular weight is 451 g/mol. The minimum Gasteiger partial charge on any atom is -0.437 e. The normalized spacial score (nSPS) is 12.0. The maximum atomic E-state index is 6.47. The summed E-state index contributed by atoms with van der Waals surface area (Å²) < 4.78 is 10.7. The Kier molecular flexibility index (Phi) is 3.57. The summed E-state index contributed by atoms with van der Waals surface area (Å²) in [5.41, 5.74) is 6.29. The minimum atomic E-state index is 0.659. The van der Waals surface area contributed by atoms with Gasteiger partial charge in [0.15, 0.2) is 11.6 Å². The average Bonchev–Trinajstić information content (AvgIpc) is 3.55. The molecule has 164 valence electrons. The first-order valence-corrected chi connectivity index (χ1v) is 11.5. The van der Waals surface area contributed by atoms with Gasteiger partial charge in [0.1, 0.15) is 11.1 Å². The fraction of sp³-hybridized carbons (Fsp3) is 0. The second kappa shape index (κ2) is 6.77. The van der Waals surface area contributed by atoms with Gasteiger partial charge in [-0.1, -0.05) is 66.7 Å². The zero-order chi connectivity index (χ0) is 22.9. The van der Waals surface area contributed by atoms with Gasteiger partial charge < -0.3 is 4.42 Å². The van der Waals surface area contributed by atoms with Crippen molar-refractivity contribution in [1.82, 2.24) is 23.9 Å². The highest BCUT2D eigenvalue weighted by molar-refractivity contribution is 6.07. The molecule has 0 spiro atoms. The fourth-order valence-electron chi connectivity index (χ4n) is 5.00. The molecule has 4 heterocycles. The van der Waals surface area contributed by atoms with Crippen LogP contribution in [0.25, 0.3) is 67.1 Å². The van der Waals surface area contributed by atoms with Gasteiger partial charge in [-0.25, -0.2) is 19.5 Å². The van der Waals surface area contributed by atoms with Crippen LogP contribution >= 0.6 is 0 Å². The van der Waals surface area contributed by atoms with E-state index in [4.69, 9.17) is 19.4 Å². The maximum Gasteiger partial charge on any atom is 0.233 e. The van der Waals surface area contributed by atoms with E-state index in [1.165, 1.54) is 0 Å². The van der Waals surface area contributed by atoms with Crippen LogP contribution in [0.2, 0.25) is 0 Å². The molecule has 0 saturated heterocycles. The van der Waals surface area contributed by atoms with Crippen molar-refractivity contribution < 1.29 is 4.42 Å². The summed E-state index contributed by atoms with van der Waals surface area (Å²) in [4.78, 5) is 15.0. The van der Waals surface area contributed by atoms with Crippen molar-refractivity contribution in [3.63, 3.8) is 0 Å². The molecule has 0 amide bonds. The van der Waals surface area contributed by atoms with E-state index in [-0.39, 0.29) is 0 Å². The zero-order valence-electron chi connectivity index (χ0n) is 18.5. The molecular formula is C29H17N5O. The van der Waals surface area contributed by atoms with Crippen LogP contribution in [0.15, 0.2) is 108 Å². The number of hydrogen-bond donors (Lipinski definition) is 0. The van der Waals surface area contributed by atoms with E-state index in [2.05, 4.69) is 16.5 Å². The first-order valence-electron chi connectivity index (χ1n) is 11.5. The van der Waals surface area contributed by atoms with E-state index < -0.39 is 0 Å². The van der Waals surface area contributed by atoms with Crippen LogP contribution in [0.4, 0.5) is 0 Å². The Balaban J connectivity index is 1.60. The van der Waals surface area contributed by atoms with Crippen LogP contribution in [0.5, 0.6) is 0 Å². The number of aromatic nitrogens is 5. The summed E-state index contributed by atoms with van der Waals surface area (Å²) in [6.07, 6.45) is 0. The highest BCUT2D eigenvalue weighted by Crippen LogP contribution is 2.37. The molecule has 0 N–H and O–H groups in total. The van der Waals surface area contributed by atoms with Crippen molar-refractivity contribution >= 4 is 49.9 Å². The molecule has 0 unspecified atom stereocenters. The first-order chi connectivity index (χ1) is 17.4. The van der Waals surface area contributed by atoms with Gasteiger partial charge in [0.25, 0.3) is 0 Å². The van der Waals surface area contributed by atoms with Crippen LogP contribution in [-0.2, 0) is 0 Å². The lowest BCUT2D eigenvalue weighted by molar-refractivity contribution is 0.643. The van der Waals surface area contributed by atoms with Crippen molar-refractivity contribution in [3.05, 3.63) is 103 Å². The predicted octanol–water partition coefficient (Wildman–Crippen LogP) is 6.79. The van der Waals surface area contributed by atoms with Crippen molar-refractivity contribution in [3.8, 4) is 17.2 Å². The van der Waals surface area contributed by atoms with E-state index in [0.717, 1.165) is 55.6 Å². The number of benzene rings is 4. The molecule has 0 aliphatic rings. The summed E-state index contributed by atoms with van der Waals surface area (Å²) in [5, 5.41) is 1.97. The van der Waals surface area contributed by atoms with Gasteiger partial charge >= 0.3 is 0 Å². The van der Waals surface area contributed by atoms with Crippen molar-refractivity contribution in [2.24, 2.45) is 0 Å². The van der Waals surface area contributed by atoms with Gasteiger partial charge in [-0.2, -0.15) is 0 Å². The molecule has 8 rings (SSSR count). The monoisotopic (exact) mass is 451 g/mol. The molecule has 0 radical (unpaired) electrons. The number of hydrogen-bond acceptors (Lipinski definition) is 4. The van der Waals surface area contributed by atoms with Crippen LogP contribution in [0.3, 0.4) is 0 Å². The van der Waals surface area contributed by atoms with Gasteiger partial charge in [-0.3, -0.25) is 4.40 Å². The quantitative estimate of drug-likeness (QED) is 0.290. The summed E-state index contributed by atoms with van der Waals surface area (Å²) in [5.74, 6) is 2.16. The lowest BCUT2D eigenvalue weighted by Crippen LogP contribution is -2.03. The Morgan fingerprint density at radius 3 is 2.20 bits per heavy atom. The standard InChI is InChI=1S/C29H17N5O/c1-2-10-18(11-3-1)26-30-21-14-6-4-12-19(21)27(32-26)34-28-25(20-13-5-9-17-24(20)35-28)33-23-16-8-7-15-22(23)31-29(33)34/h1-17H. The molecule has 4 aromatic carbocycles. The van der Waals surface area contributed by atoms with Gasteiger partial charge in [0.05, 0.1) is 16.6 Å². The second-order valence-electron chi connectivity index (χ2n) is 8.58. The van der Waals surface area contributed by atoms with Crippen molar-refractivity contribution in [2.75, 3.05) is 0 Å². The Bertz CT molecular complexity index is 1980. The highest BCUT2D eigenvalue weighted by Gasteiger charge is 2.25. The molecule has 0 aliphatic heterocycles. The Hall–Kier alpha value is -4.97. The summed E-state index contributed by atoms with van der Waals surface area (Å²) in [6, 6.07) is 34.4. The molecule has 35 heavy (non-hydrogen) atoms. The third-order valence-corrected chi connectivity index (χ3v) is 6.55. The molecule has 0 atom stereocenters. The highest BCUT2D eigenvalue weighted by atomic mass is 16.3. The van der Waals surface area contributed by atoms with Crippen LogP contribution in [-0.4, -0.2) is 23.9 Å². The topological polar surface area (TPSA) is 61.2 Å². The smallest absolute Gasteiger partial charge is 0.233 e. The molecule has 6 nitrogen and oxygen atoms in total. The third-order valence-electron chi connectivity index (χ3n) is 6.55. The molecule has 0 bridgehead atoms. The molecular weight excluding hydrogens is 434 g/mol. The molecule has 0 aliphatic carbocycles. The third kappa shape index (κ3) is 2.50. The Labute approximate surface area is 198 Å². The van der Waals surface area contributed by atoms with Gasteiger partial charge in [0.2, 0.25) is 11.5 Å². The fourth-order valence-corrected chi connectivity index (χ4v) is 5.00. The Morgan fingerprint density at radius 1 is 0.600 bits per heavy atom. The molecule has 0 fully saturated rings.